The summed E-state index contributed by atoms with van der Waals surface area (Å²) in [4.78, 5) is 12.0. The van der Waals surface area contributed by atoms with Gasteiger partial charge >= 0.3 is 52.5 Å². The molecule has 0 aromatic carbocycles. The van der Waals surface area contributed by atoms with Gasteiger partial charge in [0.25, 0.3) is 0 Å². The molecular weight excluding hydrogens is 120 g/mol. The van der Waals surface area contributed by atoms with Crippen LogP contribution in [0.3, 0.4) is 0 Å². The van der Waals surface area contributed by atoms with E-state index in [1.807, 2.05) is 17.7 Å². The molecule has 0 bridgehead atoms. The molecule has 1 amide bonds. The normalized spacial score (nSPS) is 7.50. The Bertz CT molecular complexity index is 76.4. The molecule has 0 aliphatic heterocycles. The van der Waals surface area contributed by atoms with Crippen LogP contribution in [0.4, 0.5) is 0 Å². The first-order valence-electron chi connectivity index (χ1n) is 2.38. The van der Waals surface area contributed by atoms with Crippen LogP contribution in [0.1, 0.15) is 0 Å². The maximum absolute atomic E-state index is 10.4. The fraction of sp³-hybridized carbons (Fsp3) is 0.750. The van der Waals surface area contributed by atoms with Gasteiger partial charge in [-0.25, -0.2) is 0 Å². The molecule has 0 aromatic rings. The second-order valence-electron chi connectivity index (χ2n) is 1.64. The summed E-state index contributed by atoms with van der Waals surface area (Å²) in [6, 6.07) is 0. The zero-order chi connectivity index (χ0) is 5.86. The number of amides is 1. The van der Waals surface area contributed by atoms with E-state index in [-0.39, 0.29) is 18.3 Å². The van der Waals surface area contributed by atoms with Gasteiger partial charge in [0.1, 0.15) is 0 Å². The number of carbonyl (C=O) groups excluding carboxylic acids is 1. The molecule has 44 valence electrons. The molecule has 4 heteroatoms. The van der Waals surface area contributed by atoms with Crippen molar-refractivity contribution < 1.29 is 4.79 Å². The summed E-state index contributed by atoms with van der Waals surface area (Å²) in [5.74, 6) is 0.181. The van der Waals surface area contributed by atoms with Gasteiger partial charge < -0.3 is 0 Å². The quantitative estimate of drug-likeness (QED) is 0.460. The first kappa shape index (κ1) is 11.2. The first-order chi connectivity index (χ1) is 3.18. The van der Waals surface area contributed by atoms with E-state index in [0.717, 1.165) is 0 Å². The van der Waals surface area contributed by atoms with Crippen molar-refractivity contribution in [2.24, 2.45) is 0 Å². The van der Waals surface area contributed by atoms with Gasteiger partial charge in [0.15, 0.2) is 0 Å². The summed E-state index contributed by atoms with van der Waals surface area (Å²) < 4.78 is 0. The van der Waals surface area contributed by atoms with Crippen molar-refractivity contribution in [1.29, 1.82) is 0 Å². The molecule has 0 spiro atoms. The van der Waals surface area contributed by atoms with Crippen LogP contribution in [-0.2, 0) is 4.79 Å². The molecule has 0 rings (SSSR count). The molecule has 0 N–H and O–H groups in total. The summed E-state index contributed by atoms with van der Waals surface area (Å²) in [5, 5.41) is 0.604. The fourth-order valence-electron chi connectivity index (χ4n) is 0.316. The summed E-state index contributed by atoms with van der Waals surface area (Å²) in [5.41, 5.74) is 0. The Labute approximate surface area is 65.2 Å². The second-order valence-corrected chi connectivity index (χ2v) is 1.64. The van der Waals surface area contributed by atoms with Gasteiger partial charge in [0.2, 0.25) is 0 Å². The van der Waals surface area contributed by atoms with Crippen molar-refractivity contribution >= 4 is 36.0 Å². The number of hydrogen-bond acceptors (Lipinski definition) is 1. The van der Waals surface area contributed by atoms with E-state index in [1.54, 1.807) is 19.0 Å². The Balaban J connectivity index is 0. The van der Waals surface area contributed by atoms with Crippen LogP contribution in [-0.4, -0.2) is 42.6 Å². The van der Waals surface area contributed by atoms with Crippen molar-refractivity contribution in [2.75, 3.05) is 14.1 Å². The number of halogens is 1. The molecule has 0 unspecified atom stereocenters. The Kier molecular flexibility index (Phi) is 7.69. The fourth-order valence-corrected chi connectivity index (χ4v) is 0.316. The molecule has 0 aromatic heterocycles. The maximum atomic E-state index is 10.4. The van der Waals surface area contributed by atoms with Gasteiger partial charge in [0.05, 0.1) is 0 Å². The summed E-state index contributed by atoms with van der Waals surface area (Å²) >= 11 is 1.85. The van der Waals surface area contributed by atoms with Crippen LogP contribution in [0.2, 0.25) is 5.09 Å². The van der Waals surface area contributed by atoms with Crippen LogP contribution in [0.5, 0.6) is 0 Å². The van der Waals surface area contributed by atoms with Gasteiger partial charge in [-0.2, -0.15) is 0 Å². The van der Waals surface area contributed by atoms with E-state index in [2.05, 4.69) is 0 Å². The van der Waals surface area contributed by atoms with E-state index < -0.39 is 0 Å². The average molecular weight is 130 g/mol. The Morgan fingerprint density at radius 1 is 1.62 bits per heavy atom. The van der Waals surface area contributed by atoms with Gasteiger partial charge in [0, 0.05) is 0 Å². The molecule has 2 nitrogen and oxygen atoms in total. The number of hydrogen-bond donors (Lipinski definition) is 0. The molecule has 8 heavy (non-hydrogen) atoms. The van der Waals surface area contributed by atoms with Gasteiger partial charge in [-0.05, 0) is 0 Å². The van der Waals surface area contributed by atoms with Crippen LogP contribution >= 0.6 is 12.4 Å². The van der Waals surface area contributed by atoms with Crippen LogP contribution in [0.15, 0.2) is 0 Å². The van der Waals surface area contributed by atoms with Crippen molar-refractivity contribution in [3.8, 4) is 0 Å². The molecule has 0 aliphatic carbocycles. The van der Waals surface area contributed by atoms with E-state index in [9.17, 15) is 4.79 Å². The zero-order valence-electron chi connectivity index (χ0n) is 5.47. The topological polar surface area (TPSA) is 20.3 Å². The standard InChI is InChI=1S/C4H8NO.ClH.Li/c1-4(6)5(2)3;;/h1H2,2-3H3;1H;. The molecule has 0 saturated heterocycles. The summed E-state index contributed by atoms with van der Waals surface area (Å²) in [6.45, 7) is 0. The third kappa shape index (κ3) is 4.51. The average Bonchev–Trinajstić information content (AvgIpc) is 1.65. The number of nitrogens with zero attached hydrogens (tertiary/aromatic N) is 1. The summed E-state index contributed by atoms with van der Waals surface area (Å²) in [6.07, 6.45) is 0. The first-order valence-corrected chi connectivity index (χ1v) is 2.38. The second kappa shape index (κ2) is 5.49. The number of carbonyl (C=O) groups is 1. The predicted molar refractivity (Wildman–Crippen MR) is 36.5 cm³/mol. The van der Waals surface area contributed by atoms with Gasteiger partial charge in [-0.1, -0.05) is 0 Å². The number of rotatable bonds is 1. The summed E-state index contributed by atoms with van der Waals surface area (Å²) in [7, 11) is 3.51. The minimum absolute atomic E-state index is 0. The van der Waals surface area contributed by atoms with E-state index in [1.165, 1.54) is 0 Å². The third-order valence-corrected chi connectivity index (χ3v) is 0.801. The van der Waals surface area contributed by atoms with E-state index in [0.29, 0.717) is 5.09 Å². The Morgan fingerprint density at radius 3 is 2.00 bits per heavy atom. The van der Waals surface area contributed by atoms with Crippen LogP contribution in [0.25, 0.3) is 0 Å². The predicted octanol–water partition coefficient (Wildman–Crippen LogP) is 0.0832. The van der Waals surface area contributed by atoms with Crippen LogP contribution in [0, 0.1) is 0 Å². The van der Waals surface area contributed by atoms with Gasteiger partial charge in [-0.3, -0.25) is 0 Å². The Morgan fingerprint density at radius 2 is 2.00 bits per heavy atom. The molecule has 0 radical (unpaired) electrons. The molecule has 0 saturated carbocycles. The molecule has 0 atom stereocenters. The zero-order valence-corrected chi connectivity index (χ0v) is 6.29. The monoisotopic (exact) mass is 129 g/mol. The van der Waals surface area contributed by atoms with E-state index in [4.69, 9.17) is 0 Å². The Hall–Kier alpha value is 0.357. The van der Waals surface area contributed by atoms with Crippen molar-refractivity contribution in [1.82, 2.24) is 4.90 Å². The van der Waals surface area contributed by atoms with Crippen molar-refractivity contribution in [3.05, 3.63) is 0 Å². The van der Waals surface area contributed by atoms with E-state index >= 15 is 0 Å². The van der Waals surface area contributed by atoms with Crippen molar-refractivity contribution in [2.45, 2.75) is 5.09 Å². The minimum atomic E-state index is 0. The van der Waals surface area contributed by atoms with Gasteiger partial charge in [-0.15, -0.1) is 12.4 Å². The molecular formula is C4H9ClLiNO. The molecule has 0 fully saturated rings. The third-order valence-electron chi connectivity index (χ3n) is 0.801. The molecule has 0 heterocycles. The van der Waals surface area contributed by atoms with Crippen molar-refractivity contribution in [3.63, 3.8) is 0 Å². The molecule has 0 aliphatic rings. The SMILES string of the molecule is Cl.[Li][CH2]C(=O)N(C)C. The van der Waals surface area contributed by atoms with Crippen LogP contribution < -0.4 is 0 Å².